The van der Waals surface area contributed by atoms with Crippen molar-refractivity contribution in [2.45, 2.75) is 78.1 Å². The second-order valence-electron chi connectivity index (χ2n) is 6.34. The molecular weight excluding hydrogens is 286 g/mol. The van der Waals surface area contributed by atoms with Gasteiger partial charge in [0, 0.05) is 0 Å². The van der Waals surface area contributed by atoms with Crippen molar-refractivity contribution < 1.29 is 9.57 Å². The molecule has 0 aliphatic rings. The molecule has 0 unspecified atom stereocenters. The summed E-state index contributed by atoms with van der Waals surface area (Å²) in [5, 5.41) is 0. The van der Waals surface area contributed by atoms with Crippen LogP contribution < -0.4 is 10.2 Å². The van der Waals surface area contributed by atoms with Gasteiger partial charge in [0.05, 0.1) is 13.7 Å². The third kappa shape index (κ3) is 9.50. The minimum Gasteiger partial charge on any atom is -0.491 e. The van der Waals surface area contributed by atoms with E-state index in [1.165, 1.54) is 63.4 Å². The summed E-state index contributed by atoms with van der Waals surface area (Å²) < 4.78 is 5.87. The molecular formula is C20H35NO2. The standard InChI is InChI=1S/C20H35NO2/c1-4-5-6-7-8-9-10-11-12-13-16-23-20-15-14-18(2)17-19(20)21-22-3/h14-15,17,21H,4-13,16H2,1-3H3. The van der Waals surface area contributed by atoms with E-state index in [0.29, 0.717) is 0 Å². The molecule has 0 fully saturated rings. The highest BCUT2D eigenvalue weighted by Gasteiger charge is 2.03. The molecule has 0 atom stereocenters. The molecule has 3 nitrogen and oxygen atoms in total. The highest BCUT2D eigenvalue weighted by molar-refractivity contribution is 5.56. The Balaban J connectivity index is 2.05. The fourth-order valence-corrected chi connectivity index (χ4v) is 2.73. The van der Waals surface area contributed by atoms with Crippen LogP contribution in [-0.2, 0) is 4.84 Å². The summed E-state index contributed by atoms with van der Waals surface area (Å²) >= 11 is 0. The van der Waals surface area contributed by atoms with Gasteiger partial charge in [0.25, 0.3) is 0 Å². The molecule has 0 aliphatic carbocycles. The van der Waals surface area contributed by atoms with Crippen LogP contribution in [0.25, 0.3) is 0 Å². The minimum absolute atomic E-state index is 0.776. The number of nitrogens with one attached hydrogen (secondary N) is 1. The fraction of sp³-hybridized carbons (Fsp3) is 0.700. The normalized spacial score (nSPS) is 10.7. The van der Waals surface area contributed by atoms with Crippen molar-refractivity contribution >= 4 is 5.69 Å². The minimum atomic E-state index is 0.776. The van der Waals surface area contributed by atoms with E-state index in [1.807, 2.05) is 12.1 Å². The quantitative estimate of drug-likeness (QED) is 0.323. The second kappa shape index (κ2) is 13.2. The molecule has 1 N–H and O–H groups in total. The van der Waals surface area contributed by atoms with Gasteiger partial charge in [-0.05, 0) is 31.0 Å². The Morgan fingerprint density at radius 1 is 0.870 bits per heavy atom. The zero-order valence-corrected chi connectivity index (χ0v) is 15.3. The molecule has 0 saturated carbocycles. The van der Waals surface area contributed by atoms with Crippen molar-refractivity contribution in [3.05, 3.63) is 23.8 Å². The lowest BCUT2D eigenvalue weighted by Gasteiger charge is -2.12. The molecule has 1 aromatic carbocycles. The number of unbranched alkanes of at least 4 members (excludes halogenated alkanes) is 9. The molecule has 23 heavy (non-hydrogen) atoms. The molecule has 0 radical (unpaired) electrons. The third-order valence-corrected chi connectivity index (χ3v) is 4.10. The van der Waals surface area contributed by atoms with E-state index in [2.05, 4.69) is 25.4 Å². The van der Waals surface area contributed by atoms with Crippen LogP contribution >= 0.6 is 0 Å². The second-order valence-corrected chi connectivity index (χ2v) is 6.34. The van der Waals surface area contributed by atoms with E-state index in [4.69, 9.17) is 9.57 Å². The van der Waals surface area contributed by atoms with Crippen LogP contribution in [0.1, 0.15) is 76.7 Å². The maximum Gasteiger partial charge on any atom is 0.144 e. The summed E-state index contributed by atoms with van der Waals surface area (Å²) in [5.41, 5.74) is 4.97. The van der Waals surface area contributed by atoms with Crippen LogP contribution in [0.15, 0.2) is 18.2 Å². The lowest BCUT2D eigenvalue weighted by atomic mass is 10.1. The third-order valence-electron chi connectivity index (χ3n) is 4.10. The maximum absolute atomic E-state index is 5.87. The number of hydrogen-bond acceptors (Lipinski definition) is 3. The predicted molar refractivity (Wildman–Crippen MR) is 99.1 cm³/mol. The highest BCUT2D eigenvalue weighted by atomic mass is 16.6. The topological polar surface area (TPSA) is 30.5 Å². The molecule has 0 amide bonds. The Hall–Kier alpha value is -1.22. The van der Waals surface area contributed by atoms with E-state index < -0.39 is 0 Å². The van der Waals surface area contributed by atoms with Gasteiger partial charge in [-0.2, -0.15) is 0 Å². The van der Waals surface area contributed by atoms with E-state index in [0.717, 1.165) is 24.5 Å². The van der Waals surface area contributed by atoms with Crippen LogP contribution in [0.3, 0.4) is 0 Å². The van der Waals surface area contributed by atoms with Gasteiger partial charge in [-0.3, -0.25) is 10.3 Å². The molecule has 1 rings (SSSR count). The van der Waals surface area contributed by atoms with Gasteiger partial charge in [-0.1, -0.05) is 70.8 Å². The molecule has 0 aromatic heterocycles. The maximum atomic E-state index is 5.87. The van der Waals surface area contributed by atoms with Crippen LogP contribution in [0.5, 0.6) is 5.75 Å². The summed E-state index contributed by atoms with van der Waals surface area (Å²) in [5.74, 6) is 0.869. The van der Waals surface area contributed by atoms with Gasteiger partial charge in [-0.25, -0.2) is 0 Å². The van der Waals surface area contributed by atoms with Gasteiger partial charge in [0.2, 0.25) is 0 Å². The molecule has 1 aromatic rings. The van der Waals surface area contributed by atoms with E-state index in [-0.39, 0.29) is 0 Å². The Labute approximate surface area is 142 Å². The molecule has 0 saturated heterocycles. The molecule has 132 valence electrons. The van der Waals surface area contributed by atoms with Crippen LogP contribution in [0.4, 0.5) is 5.69 Å². The summed E-state index contributed by atoms with van der Waals surface area (Å²) in [6.07, 6.45) is 13.4. The lowest BCUT2D eigenvalue weighted by Crippen LogP contribution is -2.03. The first-order chi connectivity index (χ1) is 11.3. The van der Waals surface area contributed by atoms with E-state index in [9.17, 15) is 0 Å². The number of aryl methyl sites for hydroxylation is 1. The van der Waals surface area contributed by atoms with E-state index >= 15 is 0 Å². The largest absolute Gasteiger partial charge is 0.491 e. The first-order valence-electron chi connectivity index (χ1n) is 9.30. The Morgan fingerprint density at radius 3 is 2.09 bits per heavy atom. The number of benzene rings is 1. The average molecular weight is 322 g/mol. The molecule has 3 heteroatoms. The van der Waals surface area contributed by atoms with Gasteiger partial charge >= 0.3 is 0 Å². The molecule has 0 spiro atoms. The van der Waals surface area contributed by atoms with Gasteiger partial charge in [0.1, 0.15) is 11.4 Å². The van der Waals surface area contributed by atoms with Crippen molar-refractivity contribution in [1.82, 2.24) is 0 Å². The van der Waals surface area contributed by atoms with Gasteiger partial charge < -0.3 is 4.74 Å². The first-order valence-corrected chi connectivity index (χ1v) is 9.30. The fourth-order valence-electron chi connectivity index (χ4n) is 2.73. The van der Waals surface area contributed by atoms with Crippen LogP contribution in [-0.4, -0.2) is 13.7 Å². The number of hydrogen-bond donors (Lipinski definition) is 1. The van der Waals surface area contributed by atoms with Crippen molar-refractivity contribution in [2.75, 3.05) is 19.2 Å². The summed E-state index contributed by atoms with van der Waals surface area (Å²) in [6, 6.07) is 6.11. The molecule has 0 heterocycles. The molecule has 0 bridgehead atoms. The Morgan fingerprint density at radius 2 is 1.48 bits per heavy atom. The smallest absolute Gasteiger partial charge is 0.144 e. The first kappa shape index (κ1) is 19.8. The predicted octanol–water partition coefficient (Wildman–Crippen LogP) is 6.27. The van der Waals surface area contributed by atoms with Gasteiger partial charge in [-0.15, -0.1) is 0 Å². The van der Waals surface area contributed by atoms with Crippen molar-refractivity contribution in [3.63, 3.8) is 0 Å². The summed E-state index contributed by atoms with van der Waals surface area (Å²) in [4.78, 5) is 5.00. The Kier molecular flexibility index (Phi) is 11.4. The molecule has 0 aliphatic heterocycles. The number of rotatable bonds is 14. The average Bonchev–Trinajstić information content (AvgIpc) is 2.54. The highest BCUT2D eigenvalue weighted by Crippen LogP contribution is 2.25. The van der Waals surface area contributed by atoms with Crippen LogP contribution in [0.2, 0.25) is 0 Å². The summed E-state index contributed by atoms with van der Waals surface area (Å²) in [7, 11) is 1.62. The monoisotopic (exact) mass is 321 g/mol. The zero-order valence-electron chi connectivity index (χ0n) is 15.3. The van der Waals surface area contributed by atoms with Gasteiger partial charge in [0.15, 0.2) is 0 Å². The van der Waals surface area contributed by atoms with Crippen LogP contribution in [0, 0.1) is 6.92 Å². The SMILES string of the molecule is CCCCCCCCCCCCOc1ccc(C)cc1NOC. The van der Waals surface area contributed by atoms with Crippen molar-refractivity contribution in [2.24, 2.45) is 0 Å². The zero-order chi connectivity index (χ0) is 16.8. The van der Waals surface area contributed by atoms with Crippen molar-refractivity contribution in [3.8, 4) is 5.75 Å². The number of ether oxygens (including phenoxy) is 1. The Bertz CT molecular complexity index is 407. The lowest BCUT2D eigenvalue weighted by molar-refractivity contribution is 0.262. The number of anilines is 1. The van der Waals surface area contributed by atoms with Crippen molar-refractivity contribution in [1.29, 1.82) is 0 Å². The van der Waals surface area contributed by atoms with E-state index in [1.54, 1.807) is 7.11 Å². The summed E-state index contributed by atoms with van der Waals surface area (Å²) in [6.45, 7) is 5.11.